The van der Waals surface area contributed by atoms with E-state index in [0.717, 1.165) is 56.2 Å². The van der Waals surface area contributed by atoms with Crippen LogP contribution in [0.4, 0.5) is 11.5 Å². The Bertz CT molecular complexity index is 402. The molecule has 1 aromatic heterocycles. The molecule has 18 heavy (non-hydrogen) atoms. The summed E-state index contributed by atoms with van der Waals surface area (Å²) in [6, 6.07) is 0. The molecule has 0 spiro atoms. The van der Waals surface area contributed by atoms with Gasteiger partial charge >= 0.3 is 0 Å². The van der Waals surface area contributed by atoms with Crippen molar-refractivity contribution in [3.63, 3.8) is 0 Å². The van der Waals surface area contributed by atoms with Gasteiger partial charge in [0.2, 0.25) is 0 Å². The van der Waals surface area contributed by atoms with E-state index in [1.54, 1.807) is 0 Å². The predicted molar refractivity (Wildman–Crippen MR) is 73.9 cm³/mol. The van der Waals surface area contributed by atoms with E-state index in [4.69, 9.17) is 10.5 Å². The van der Waals surface area contributed by atoms with E-state index in [2.05, 4.69) is 23.8 Å². The summed E-state index contributed by atoms with van der Waals surface area (Å²) < 4.78 is 7.59. The predicted octanol–water partition coefficient (Wildman–Crippen LogP) is 1.57. The largest absolute Gasteiger partial charge is 0.394 e. The first-order valence-electron chi connectivity index (χ1n) is 6.81. The smallest absolute Gasteiger partial charge is 0.150 e. The Balaban J connectivity index is 2.25. The van der Waals surface area contributed by atoms with Crippen LogP contribution in [0, 0.1) is 0 Å². The molecule has 0 aromatic carbocycles. The summed E-state index contributed by atoms with van der Waals surface area (Å²) in [7, 11) is 1.97. The van der Waals surface area contributed by atoms with E-state index in [9.17, 15) is 0 Å². The van der Waals surface area contributed by atoms with Gasteiger partial charge in [-0.1, -0.05) is 13.3 Å². The van der Waals surface area contributed by atoms with Gasteiger partial charge in [0.25, 0.3) is 0 Å². The molecule has 1 saturated heterocycles. The molecule has 1 aliphatic heterocycles. The molecule has 2 rings (SSSR count). The topological polar surface area (TPSA) is 56.3 Å². The fraction of sp³-hybridized carbons (Fsp3) is 0.769. The van der Waals surface area contributed by atoms with Crippen molar-refractivity contribution in [2.45, 2.75) is 39.2 Å². The molecule has 102 valence electrons. The molecule has 5 heteroatoms. The summed E-state index contributed by atoms with van der Waals surface area (Å²) in [5, 5.41) is 4.54. The number of nitrogen functional groups attached to an aromatic ring is 1. The third-order valence-electron chi connectivity index (χ3n) is 3.37. The van der Waals surface area contributed by atoms with Crippen LogP contribution in [0.25, 0.3) is 0 Å². The van der Waals surface area contributed by atoms with Gasteiger partial charge in [0, 0.05) is 26.7 Å². The second-order valence-electron chi connectivity index (χ2n) is 5.04. The van der Waals surface area contributed by atoms with E-state index in [1.165, 1.54) is 0 Å². The Morgan fingerprint density at radius 1 is 1.50 bits per heavy atom. The van der Waals surface area contributed by atoms with Crippen molar-refractivity contribution in [2.24, 2.45) is 7.05 Å². The molecule has 0 radical (unpaired) electrons. The first-order chi connectivity index (χ1) is 8.63. The minimum absolute atomic E-state index is 0.247. The van der Waals surface area contributed by atoms with Crippen LogP contribution in [0.2, 0.25) is 0 Å². The van der Waals surface area contributed by atoms with Crippen LogP contribution in [-0.4, -0.2) is 35.6 Å². The molecule has 2 N–H and O–H groups in total. The molecular weight excluding hydrogens is 228 g/mol. The summed E-state index contributed by atoms with van der Waals surface area (Å²) in [5.74, 6) is 1.05. The lowest BCUT2D eigenvalue weighted by Gasteiger charge is -2.24. The molecule has 0 aliphatic carbocycles. The third kappa shape index (κ3) is 2.61. The zero-order valence-corrected chi connectivity index (χ0v) is 11.6. The van der Waals surface area contributed by atoms with Gasteiger partial charge in [0.15, 0.2) is 5.82 Å². The molecule has 1 unspecified atom stereocenters. The van der Waals surface area contributed by atoms with Gasteiger partial charge in [0.05, 0.1) is 17.5 Å². The van der Waals surface area contributed by atoms with Crippen LogP contribution in [0.15, 0.2) is 0 Å². The highest BCUT2D eigenvalue weighted by Crippen LogP contribution is 2.28. The minimum atomic E-state index is 0.247. The van der Waals surface area contributed by atoms with Gasteiger partial charge in [-0.2, -0.15) is 5.10 Å². The van der Waals surface area contributed by atoms with Crippen molar-refractivity contribution in [2.75, 3.05) is 30.3 Å². The van der Waals surface area contributed by atoms with Gasteiger partial charge in [-0.3, -0.25) is 4.68 Å². The Morgan fingerprint density at radius 3 is 3.00 bits per heavy atom. The number of hydrogen-bond acceptors (Lipinski definition) is 4. The van der Waals surface area contributed by atoms with E-state index in [1.807, 2.05) is 11.7 Å². The number of hydrogen-bond donors (Lipinski definition) is 1. The number of ether oxygens (including phenoxy) is 1. The van der Waals surface area contributed by atoms with Gasteiger partial charge in [-0.15, -0.1) is 0 Å². The van der Waals surface area contributed by atoms with Crippen molar-refractivity contribution >= 4 is 11.5 Å². The lowest BCUT2D eigenvalue weighted by atomic mass is 10.2. The SMILES string of the molecule is CCCc1nn(C)c(N2CCCOC(C)C2)c1N. The summed E-state index contributed by atoms with van der Waals surface area (Å²) in [4.78, 5) is 2.30. The molecule has 1 atom stereocenters. The number of aryl methyl sites for hydroxylation is 2. The average molecular weight is 252 g/mol. The van der Waals surface area contributed by atoms with Crippen LogP contribution in [0.3, 0.4) is 0 Å². The highest BCUT2D eigenvalue weighted by atomic mass is 16.5. The van der Waals surface area contributed by atoms with E-state index in [-0.39, 0.29) is 6.10 Å². The molecule has 2 heterocycles. The number of nitrogens with zero attached hydrogens (tertiary/aromatic N) is 3. The lowest BCUT2D eigenvalue weighted by molar-refractivity contribution is 0.0820. The van der Waals surface area contributed by atoms with E-state index >= 15 is 0 Å². The fourth-order valence-electron chi connectivity index (χ4n) is 2.57. The van der Waals surface area contributed by atoms with Crippen LogP contribution < -0.4 is 10.6 Å². The molecule has 5 nitrogen and oxygen atoms in total. The van der Waals surface area contributed by atoms with Gasteiger partial charge < -0.3 is 15.4 Å². The van der Waals surface area contributed by atoms with Crippen molar-refractivity contribution in [3.05, 3.63) is 5.69 Å². The first kappa shape index (κ1) is 13.2. The fourth-order valence-corrected chi connectivity index (χ4v) is 2.57. The summed E-state index contributed by atoms with van der Waals surface area (Å²) in [5.41, 5.74) is 8.11. The van der Waals surface area contributed by atoms with E-state index < -0.39 is 0 Å². The monoisotopic (exact) mass is 252 g/mol. The molecule has 1 aromatic rings. The highest BCUT2D eigenvalue weighted by molar-refractivity contribution is 5.66. The zero-order chi connectivity index (χ0) is 13.1. The summed E-state index contributed by atoms with van der Waals surface area (Å²) in [6.45, 7) is 6.96. The Morgan fingerprint density at radius 2 is 2.28 bits per heavy atom. The maximum Gasteiger partial charge on any atom is 0.150 e. The molecule has 0 amide bonds. The first-order valence-corrected chi connectivity index (χ1v) is 6.81. The van der Waals surface area contributed by atoms with Crippen LogP contribution in [-0.2, 0) is 18.2 Å². The van der Waals surface area contributed by atoms with Crippen LogP contribution >= 0.6 is 0 Å². The second-order valence-corrected chi connectivity index (χ2v) is 5.04. The Hall–Kier alpha value is -1.23. The number of aromatic nitrogens is 2. The molecular formula is C13H24N4O. The van der Waals surface area contributed by atoms with Crippen molar-refractivity contribution in [1.82, 2.24) is 9.78 Å². The molecule has 0 bridgehead atoms. The summed E-state index contributed by atoms with van der Waals surface area (Å²) in [6.07, 6.45) is 3.30. The standard InChI is InChI=1S/C13H24N4O/c1-4-6-11-12(14)13(16(3)15-11)17-7-5-8-18-10(2)9-17/h10H,4-9,14H2,1-3H3. The Kier molecular flexibility index (Phi) is 4.11. The normalized spacial score (nSPS) is 21.1. The maximum atomic E-state index is 6.25. The molecule has 0 saturated carbocycles. The van der Waals surface area contributed by atoms with Crippen LogP contribution in [0.5, 0.6) is 0 Å². The minimum Gasteiger partial charge on any atom is -0.394 e. The summed E-state index contributed by atoms with van der Waals surface area (Å²) >= 11 is 0. The number of anilines is 2. The number of rotatable bonds is 3. The zero-order valence-electron chi connectivity index (χ0n) is 11.6. The molecule has 1 fully saturated rings. The highest BCUT2D eigenvalue weighted by Gasteiger charge is 2.22. The van der Waals surface area contributed by atoms with Crippen molar-refractivity contribution in [1.29, 1.82) is 0 Å². The quantitative estimate of drug-likeness (QED) is 0.887. The second kappa shape index (κ2) is 5.61. The van der Waals surface area contributed by atoms with Gasteiger partial charge in [-0.25, -0.2) is 0 Å². The van der Waals surface area contributed by atoms with Gasteiger partial charge in [0.1, 0.15) is 0 Å². The van der Waals surface area contributed by atoms with Crippen LogP contribution in [0.1, 0.15) is 32.4 Å². The van der Waals surface area contributed by atoms with Crippen molar-refractivity contribution < 1.29 is 4.74 Å². The maximum absolute atomic E-state index is 6.25. The van der Waals surface area contributed by atoms with E-state index in [0.29, 0.717) is 0 Å². The Labute approximate surface area is 109 Å². The average Bonchev–Trinajstić information content (AvgIpc) is 2.51. The molecule has 1 aliphatic rings. The lowest BCUT2D eigenvalue weighted by Crippen LogP contribution is -2.32. The third-order valence-corrected chi connectivity index (χ3v) is 3.37. The van der Waals surface area contributed by atoms with Gasteiger partial charge in [-0.05, 0) is 19.8 Å². The number of nitrogens with two attached hydrogens (primary N) is 1. The van der Waals surface area contributed by atoms with Crippen molar-refractivity contribution in [3.8, 4) is 0 Å².